The van der Waals surface area contributed by atoms with Crippen molar-refractivity contribution in [2.75, 3.05) is 26.3 Å². The van der Waals surface area contributed by atoms with Crippen molar-refractivity contribution in [2.45, 2.75) is 6.92 Å². The van der Waals surface area contributed by atoms with Gasteiger partial charge in [-0.25, -0.2) is 4.68 Å². The maximum atomic E-state index is 12.5. The molecule has 0 atom stereocenters. The molecule has 1 aromatic carbocycles. The third-order valence-electron chi connectivity index (χ3n) is 3.61. The van der Waals surface area contributed by atoms with Crippen molar-refractivity contribution in [1.82, 2.24) is 14.7 Å². The van der Waals surface area contributed by atoms with Crippen LogP contribution in [0.2, 0.25) is 0 Å². The molecular formula is C15H16BrN3O2. The van der Waals surface area contributed by atoms with Gasteiger partial charge in [-0.3, -0.25) is 4.79 Å². The van der Waals surface area contributed by atoms with E-state index in [4.69, 9.17) is 4.74 Å². The normalized spacial score (nSPS) is 15.2. The van der Waals surface area contributed by atoms with Gasteiger partial charge in [-0.15, -0.1) is 0 Å². The van der Waals surface area contributed by atoms with Gasteiger partial charge in [0.1, 0.15) is 0 Å². The van der Waals surface area contributed by atoms with Gasteiger partial charge in [0, 0.05) is 17.6 Å². The quantitative estimate of drug-likeness (QED) is 0.836. The molecule has 3 rings (SSSR count). The Labute approximate surface area is 131 Å². The topological polar surface area (TPSA) is 47.4 Å². The second-order valence-corrected chi connectivity index (χ2v) is 5.85. The molecule has 2 aromatic rings. The predicted octanol–water partition coefficient (Wildman–Crippen LogP) is 2.42. The zero-order valence-corrected chi connectivity index (χ0v) is 13.3. The average molecular weight is 350 g/mol. The minimum absolute atomic E-state index is 0.0270. The molecule has 110 valence electrons. The van der Waals surface area contributed by atoms with E-state index in [1.54, 1.807) is 10.9 Å². The number of hydrogen-bond donors (Lipinski definition) is 0. The Hall–Kier alpha value is -1.66. The zero-order chi connectivity index (χ0) is 14.8. The fourth-order valence-electron chi connectivity index (χ4n) is 2.40. The molecule has 5 nitrogen and oxygen atoms in total. The van der Waals surface area contributed by atoms with Gasteiger partial charge in [0.25, 0.3) is 5.91 Å². The number of halogens is 1. The monoisotopic (exact) mass is 349 g/mol. The number of carbonyl (C=O) groups is 1. The lowest BCUT2D eigenvalue weighted by atomic mass is 10.2. The van der Waals surface area contributed by atoms with Crippen molar-refractivity contribution in [3.05, 3.63) is 46.2 Å². The number of nitrogens with zero attached hydrogens (tertiary/aromatic N) is 3. The van der Waals surface area contributed by atoms with E-state index in [-0.39, 0.29) is 5.91 Å². The Balaban J connectivity index is 1.88. The number of ether oxygens (including phenoxy) is 1. The Kier molecular flexibility index (Phi) is 4.07. The number of rotatable bonds is 2. The molecule has 1 aliphatic rings. The summed E-state index contributed by atoms with van der Waals surface area (Å²) >= 11 is 3.41. The van der Waals surface area contributed by atoms with Crippen LogP contribution in [0, 0.1) is 6.92 Å². The van der Waals surface area contributed by atoms with Crippen molar-refractivity contribution in [2.24, 2.45) is 0 Å². The van der Waals surface area contributed by atoms with E-state index < -0.39 is 0 Å². The first-order valence-electron chi connectivity index (χ1n) is 6.84. The second kappa shape index (κ2) is 5.99. The van der Waals surface area contributed by atoms with Crippen LogP contribution in [0.25, 0.3) is 5.69 Å². The molecule has 0 N–H and O–H groups in total. The number of carbonyl (C=O) groups excluding carboxylic acids is 1. The largest absolute Gasteiger partial charge is 0.378 e. The van der Waals surface area contributed by atoms with Crippen LogP contribution in [0.4, 0.5) is 0 Å². The van der Waals surface area contributed by atoms with Crippen molar-refractivity contribution in [3.63, 3.8) is 0 Å². The van der Waals surface area contributed by atoms with Crippen molar-refractivity contribution in [1.29, 1.82) is 0 Å². The van der Waals surface area contributed by atoms with Crippen molar-refractivity contribution in [3.8, 4) is 5.69 Å². The maximum absolute atomic E-state index is 12.5. The first-order chi connectivity index (χ1) is 10.2. The highest BCUT2D eigenvalue weighted by atomic mass is 79.9. The van der Waals surface area contributed by atoms with Crippen LogP contribution in [-0.2, 0) is 4.74 Å². The summed E-state index contributed by atoms with van der Waals surface area (Å²) in [6.07, 6.45) is 1.65. The second-order valence-electron chi connectivity index (χ2n) is 4.94. The summed E-state index contributed by atoms with van der Waals surface area (Å²) in [6, 6.07) is 7.85. The van der Waals surface area contributed by atoms with E-state index in [0.717, 1.165) is 15.9 Å². The van der Waals surface area contributed by atoms with Crippen LogP contribution in [0.3, 0.4) is 0 Å². The predicted molar refractivity (Wildman–Crippen MR) is 82.7 cm³/mol. The summed E-state index contributed by atoms with van der Waals surface area (Å²) in [5.41, 5.74) is 2.45. The smallest absolute Gasteiger partial charge is 0.257 e. The summed E-state index contributed by atoms with van der Waals surface area (Å²) < 4.78 is 8.09. The highest BCUT2D eigenvalue weighted by Gasteiger charge is 2.22. The van der Waals surface area contributed by atoms with E-state index in [9.17, 15) is 4.79 Å². The van der Waals surface area contributed by atoms with Crippen LogP contribution in [0.5, 0.6) is 0 Å². The zero-order valence-electron chi connectivity index (χ0n) is 11.8. The highest BCUT2D eigenvalue weighted by molar-refractivity contribution is 9.10. The molecule has 2 heterocycles. The number of aromatic nitrogens is 2. The van der Waals surface area contributed by atoms with E-state index in [1.165, 1.54) is 0 Å². The number of hydrogen-bond acceptors (Lipinski definition) is 3. The van der Waals surface area contributed by atoms with Gasteiger partial charge in [0.05, 0.1) is 36.4 Å². The van der Waals surface area contributed by atoms with E-state index >= 15 is 0 Å². The van der Waals surface area contributed by atoms with Gasteiger partial charge < -0.3 is 9.64 Å². The molecule has 0 saturated carbocycles. The molecule has 0 unspecified atom stereocenters. The lowest BCUT2D eigenvalue weighted by Crippen LogP contribution is -2.40. The van der Waals surface area contributed by atoms with Crippen molar-refractivity contribution < 1.29 is 9.53 Å². The van der Waals surface area contributed by atoms with Crippen LogP contribution < -0.4 is 0 Å². The lowest BCUT2D eigenvalue weighted by Gasteiger charge is -2.26. The minimum Gasteiger partial charge on any atom is -0.378 e. The van der Waals surface area contributed by atoms with E-state index in [2.05, 4.69) is 21.0 Å². The summed E-state index contributed by atoms with van der Waals surface area (Å²) in [6.45, 7) is 4.41. The first-order valence-corrected chi connectivity index (χ1v) is 7.63. The molecule has 0 spiro atoms. The molecule has 1 saturated heterocycles. The fraction of sp³-hybridized carbons (Fsp3) is 0.333. The summed E-state index contributed by atoms with van der Waals surface area (Å²) in [4.78, 5) is 14.3. The molecule has 1 fully saturated rings. The van der Waals surface area contributed by atoms with Gasteiger partial charge in [-0.2, -0.15) is 5.10 Å². The number of morpholine rings is 1. The number of amides is 1. The summed E-state index contributed by atoms with van der Waals surface area (Å²) in [7, 11) is 0. The molecule has 0 radical (unpaired) electrons. The molecule has 21 heavy (non-hydrogen) atoms. The molecule has 1 aliphatic heterocycles. The highest BCUT2D eigenvalue weighted by Crippen LogP contribution is 2.18. The Morgan fingerprint density at radius 1 is 1.24 bits per heavy atom. The molecule has 0 bridgehead atoms. The van der Waals surface area contributed by atoms with Crippen LogP contribution >= 0.6 is 15.9 Å². The Morgan fingerprint density at radius 3 is 2.57 bits per heavy atom. The van der Waals surface area contributed by atoms with E-state index in [0.29, 0.717) is 31.9 Å². The van der Waals surface area contributed by atoms with Crippen molar-refractivity contribution >= 4 is 21.8 Å². The molecule has 6 heteroatoms. The summed E-state index contributed by atoms with van der Waals surface area (Å²) in [5.74, 6) is 0.0270. The summed E-state index contributed by atoms with van der Waals surface area (Å²) in [5, 5.41) is 4.35. The van der Waals surface area contributed by atoms with Crippen LogP contribution in [0.15, 0.2) is 34.9 Å². The van der Waals surface area contributed by atoms with E-state index in [1.807, 2.05) is 36.1 Å². The van der Waals surface area contributed by atoms with Crippen LogP contribution in [0.1, 0.15) is 16.1 Å². The first kappa shape index (κ1) is 14.3. The lowest BCUT2D eigenvalue weighted by molar-refractivity contribution is 0.0302. The van der Waals surface area contributed by atoms with Gasteiger partial charge >= 0.3 is 0 Å². The van der Waals surface area contributed by atoms with Gasteiger partial charge in [0.2, 0.25) is 0 Å². The Morgan fingerprint density at radius 2 is 1.90 bits per heavy atom. The van der Waals surface area contributed by atoms with Gasteiger partial charge in [-0.05, 0) is 31.2 Å². The average Bonchev–Trinajstić information content (AvgIpc) is 2.90. The standard InChI is InChI=1S/C15H16BrN3O2/c1-11-14(15(20)18-6-8-21-9-7-18)10-17-19(11)13-4-2-12(16)3-5-13/h2-5,10H,6-9H2,1H3. The molecule has 1 aromatic heterocycles. The molecule has 1 amide bonds. The Bertz CT molecular complexity index is 645. The van der Waals surface area contributed by atoms with Gasteiger partial charge in [0.15, 0.2) is 0 Å². The minimum atomic E-state index is 0.0270. The molecule has 0 aliphatic carbocycles. The molecular weight excluding hydrogens is 334 g/mol. The van der Waals surface area contributed by atoms with Crippen LogP contribution in [-0.4, -0.2) is 46.9 Å². The third-order valence-corrected chi connectivity index (χ3v) is 4.14. The third kappa shape index (κ3) is 2.87. The van der Waals surface area contributed by atoms with Gasteiger partial charge in [-0.1, -0.05) is 15.9 Å². The fourth-order valence-corrected chi connectivity index (χ4v) is 2.66. The SMILES string of the molecule is Cc1c(C(=O)N2CCOCC2)cnn1-c1ccc(Br)cc1. The number of benzene rings is 1. The maximum Gasteiger partial charge on any atom is 0.257 e.